The Labute approximate surface area is 170 Å². The predicted octanol–water partition coefficient (Wildman–Crippen LogP) is 5.15. The van der Waals surface area contributed by atoms with Gasteiger partial charge in [-0.2, -0.15) is 0 Å². The van der Waals surface area contributed by atoms with Gasteiger partial charge in [0.2, 0.25) is 11.8 Å². The molecule has 0 spiro atoms. The van der Waals surface area contributed by atoms with E-state index in [4.69, 9.17) is 11.6 Å². The first-order valence-corrected chi connectivity index (χ1v) is 10.3. The second-order valence-electron chi connectivity index (χ2n) is 5.59. The van der Waals surface area contributed by atoms with Crippen LogP contribution in [0.15, 0.2) is 58.8 Å². The standard InChI is InChI=1S/C19H16ClN3O2S2/c1-12(24)21-15-6-8-16(9-7-15)26-11-18(25)23-19-22-17(10-27-19)13-2-4-14(20)5-3-13/h2-10H,11H2,1H3,(H,21,24)(H,22,23,25). The largest absolute Gasteiger partial charge is 0.326 e. The number of carbonyl (C=O) groups excluding carboxylic acids is 2. The summed E-state index contributed by atoms with van der Waals surface area (Å²) in [4.78, 5) is 28.5. The van der Waals surface area contributed by atoms with Gasteiger partial charge in [0.1, 0.15) is 0 Å². The van der Waals surface area contributed by atoms with Crippen molar-refractivity contribution in [1.29, 1.82) is 0 Å². The van der Waals surface area contributed by atoms with Crippen molar-refractivity contribution in [3.8, 4) is 11.3 Å². The smallest absolute Gasteiger partial charge is 0.236 e. The van der Waals surface area contributed by atoms with Crippen LogP contribution >= 0.6 is 34.7 Å². The lowest BCUT2D eigenvalue weighted by Crippen LogP contribution is -2.13. The number of amides is 2. The molecule has 0 saturated carbocycles. The first-order valence-electron chi connectivity index (χ1n) is 8.01. The van der Waals surface area contributed by atoms with E-state index >= 15 is 0 Å². The molecule has 2 aromatic carbocycles. The molecule has 138 valence electrons. The average molecular weight is 418 g/mol. The van der Waals surface area contributed by atoms with E-state index in [0.717, 1.165) is 21.8 Å². The lowest BCUT2D eigenvalue weighted by Gasteiger charge is -2.05. The number of thiazole rings is 1. The lowest BCUT2D eigenvalue weighted by molar-refractivity contribution is -0.114. The number of hydrogen-bond donors (Lipinski definition) is 2. The van der Waals surface area contributed by atoms with Gasteiger partial charge in [0, 0.05) is 33.5 Å². The summed E-state index contributed by atoms with van der Waals surface area (Å²) in [6.45, 7) is 1.46. The van der Waals surface area contributed by atoms with Gasteiger partial charge in [-0.15, -0.1) is 23.1 Å². The monoisotopic (exact) mass is 417 g/mol. The first kappa shape index (κ1) is 19.4. The average Bonchev–Trinajstić information content (AvgIpc) is 3.09. The van der Waals surface area contributed by atoms with Gasteiger partial charge < -0.3 is 10.6 Å². The Morgan fingerprint density at radius 3 is 2.44 bits per heavy atom. The van der Waals surface area contributed by atoms with Crippen molar-refractivity contribution in [2.45, 2.75) is 11.8 Å². The Bertz CT molecular complexity index is 940. The minimum atomic E-state index is -0.122. The Balaban J connectivity index is 1.52. The van der Waals surface area contributed by atoms with Crippen LogP contribution < -0.4 is 10.6 Å². The summed E-state index contributed by atoms with van der Waals surface area (Å²) >= 11 is 8.69. The second-order valence-corrected chi connectivity index (χ2v) is 7.93. The van der Waals surface area contributed by atoms with Crippen LogP contribution in [0.5, 0.6) is 0 Å². The van der Waals surface area contributed by atoms with Gasteiger partial charge in [0.05, 0.1) is 11.4 Å². The number of aromatic nitrogens is 1. The molecule has 1 heterocycles. The first-order chi connectivity index (χ1) is 13.0. The maximum atomic E-state index is 12.1. The van der Waals surface area contributed by atoms with E-state index < -0.39 is 0 Å². The molecule has 0 aliphatic heterocycles. The summed E-state index contributed by atoms with van der Waals surface area (Å²) in [5, 5.41) is 8.65. The van der Waals surface area contributed by atoms with Crippen molar-refractivity contribution in [3.05, 3.63) is 58.9 Å². The number of thioether (sulfide) groups is 1. The highest BCUT2D eigenvalue weighted by molar-refractivity contribution is 8.00. The molecule has 2 N–H and O–H groups in total. The van der Waals surface area contributed by atoms with Crippen molar-refractivity contribution in [1.82, 2.24) is 4.98 Å². The molecule has 0 aliphatic carbocycles. The van der Waals surface area contributed by atoms with E-state index in [0.29, 0.717) is 10.2 Å². The minimum Gasteiger partial charge on any atom is -0.326 e. The van der Waals surface area contributed by atoms with Gasteiger partial charge in [-0.25, -0.2) is 4.98 Å². The summed E-state index contributed by atoms with van der Waals surface area (Å²) in [7, 11) is 0. The maximum absolute atomic E-state index is 12.1. The Morgan fingerprint density at radius 1 is 1.07 bits per heavy atom. The van der Waals surface area contributed by atoms with Crippen molar-refractivity contribution in [2.75, 3.05) is 16.4 Å². The number of carbonyl (C=O) groups is 2. The second kappa shape index (κ2) is 9.03. The zero-order valence-corrected chi connectivity index (χ0v) is 16.8. The van der Waals surface area contributed by atoms with Crippen LogP contribution in [0.4, 0.5) is 10.8 Å². The number of hydrogen-bond acceptors (Lipinski definition) is 5. The highest BCUT2D eigenvalue weighted by atomic mass is 35.5. The number of halogens is 1. The topological polar surface area (TPSA) is 71.1 Å². The van der Waals surface area contributed by atoms with Gasteiger partial charge in [0.25, 0.3) is 0 Å². The van der Waals surface area contributed by atoms with E-state index in [1.807, 2.05) is 41.8 Å². The van der Waals surface area contributed by atoms with E-state index in [2.05, 4.69) is 15.6 Å². The van der Waals surface area contributed by atoms with Crippen molar-refractivity contribution < 1.29 is 9.59 Å². The number of anilines is 2. The van der Waals surface area contributed by atoms with Gasteiger partial charge in [0.15, 0.2) is 5.13 Å². The molecule has 5 nitrogen and oxygen atoms in total. The van der Waals surface area contributed by atoms with Crippen LogP contribution in [-0.2, 0) is 9.59 Å². The highest BCUT2D eigenvalue weighted by Crippen LogP contribution is 2.26. The fraction of sp³-hybridized carbons (Fsp3) is 0.105. The number of rotatable bonds is 6. The summed E-state index contributed by atoms with van der Waals surface area (Å²) in [5.74, 6) is 0.0363. The zero-order chi connectivity index (χ0) is 19.2. The fourth-order valence-electron chi connectivity index (χ4n) is 2.23. The van der Waals surface area contributed by atoms with Crippen molar-refractivity contribution >= 4 is 57.3 Å². The molecule has 3 aromatic rings. The molecular formula is C19H16ClN3O2S2. The minimum absolute atomic E-state index is 0.115. The quantitative estimate of drug-likeness (QED) is 0.544. The normalized spacial score (nSPS) is 10.4. The molecule has 8 heteroatoms. The van der Waals surface area contributed by atoms with Crippen LogP contribution in [0.25, 0.3) is 11.3 Å². The van der Waals surface area contributed by atoms with Crippen LogP contribution in [0.2, 0.25) is 5.02 Å². The molecule has 1 aromatic heterocycles. The fourth-order valence-corrected chi connectivity index (χ4v) is 3.79. The molecule has 0 saturated heterocycles. The van der Waals surface area contributed by atoms with Crippen LogP contribution in [0.3, 0.4) is 0 Å². The molecule has 27 heavy (non-hydrogen) atoms. The number of nitrogens with zero attached hydrogens (tertiary/aromatic N) is 1. The summed E-state index contributed by atoms with van der Waals surface area (Å²) in [6, 6.07) is 14.7. The third-order valence-electron chi connectivity index (χ3n) is 3.44. The van der Waals surface area contributed by atoms with Gasteiger partial charge in [-0.05, 0) is 36.4 Å². The molecule has 0 aliphatic rings. The Morgan fingerprint density at radius 2 is 1.78 bits per heavy atom. The molecule has 3 rings (SSSR count). The maximum Gasteiger partial charge on any atom is 0.236 e. The van der Waals surface area contributed by atoms with E-state index in [-0.39, 0.29) is 17.6 Å². The van der Waals surface area contributed by atoms with E-state index in [1.165, 1.54) is 30.0 Å². The van der Waals surface area contributed by atoms with Crippen molar-refractivity contribution in [3.63, 3.8) is 0 Å². The van der Waals surface area contributed by atoms with Gasteiger partial charge >= 0.3 is 0 Å². The molecule has 0 radical (unpaired) electrons. The third-order valence-corrected chi connectivity index (χ3v) is 5.46. The number of benzene rings is 2. The zero-order valence-electron chi connectivity index (χ0n) is 14.4. The Kier molecular flexibility index (Phi) is 6.49. The van der Waals surface area contributed by atoms with E-state index in [1.54, 1.807) is 12.1 Å². The molecule has 0 fully saturated rings. The highest BCUT2D eigenvalue weighted by Gasteiger charge is 2.09. The summed E-state index contributed by atoms with van der Waals surface area (Å²) in [6.07, 6.45) is 0. The molecule has 2 amide bonds. The molecule has 0 atom stereocenters. The molecule has 0 unspecified atom stereocenters. The summed E-state index contributed by atoms with van der Waals surface area (Å²) < 4.78 is 0. The Hall–Kier alpha value is -2.35. The van der Waals surface area contributed by atoms with Gasteiger partial charge in [-0.3, -0.25) is 9.59 Å². The SMILES string of the molecule is CC(=O)Nc1ccc(SCC(=O)Nc2nc(-c3ccc(Cl)cc3)cs2)cc1. The summed E-state index contributed by atoms with van der Waals surface area (Å²) in [5.41, 5.74) is 2.48. The van der Waals surface area contributed by atoms with Crippen molar-refractivity contribution in [2.24, 2.45) is 0 Å². The van der Waals surface area contributed by atoms with Gasteiger partial charge in [-0.1, -0.05) is 23.7 Å². The third kappa shape index (κ3) is 5.82. The molecular weight excluding hydrogens is 402 g/mol. The molecule has 0 bridgehead atoms. The van der Waals surface area contributed by atoms with E-state index in [9.17, 15) is 9.59 Å². The van der Waals surface area contributed by atoms with Crippen LogP contribution in [0.1, 0.15) is 6.92 Å². The van der Waals surface area contributed by atoms with Crippen LogP contribution in [0, 0.1) is 0 Å². The number of nitrogens with one attached hydrogen (secondary N) is 2. The lowest BCUT2D eigenvalue weighted by atomic mass is 10.2. The predicted molar refractivity (Wildman–Crippen MR) is 113 cm³/mol. The van der Waals surface area contributed by atoms with Crippen LogP contribution in [-0.4, -0.2) is 22.6 Å².